The Hall–Kier alpha value is -1.35. The molecular weight excluding hydrogens is 188 g/mol. The minimum atomic E-state index is 0.317. The molecule has 2 aromatic rings. The molecule has 0 spiro atoms. The van der Waals surface area contributed by atoms with Crippen LogP contribution in [0.2, 0.25) is 0 Å². The monoisotopic (exact) mass is 202 g/mol. The third kappa shape index (κ3) is 1.43. The maximum Gasteiger partial charge on any atom is 0.0923 e. The molecule has 1 aliphatic rings. The highest BCUT2D eigenvalue weighted by molar-refractivity contribution is 5.77. The van der Waals surface area contributed by atoms with Crippen LogP contribution in [-0.2, 0) is 0 Å². The number of aliphatic hydroxyl groups excluding tert-OH is 1. The molecule has 3 heteroatoms. The standard InChI is InChI=1S/C12H14N2O/c15-8-9-5-11(6-9)14-7-10-3-1-2-4-12(10)13-14/h1-4,7,9,11,15H,5-6,8H2/t9-,11-. The number of nitrogens with zero attached hydrogens (tertiary/aromatic N) is 2. The zero-order chi connectivity index (χ0) is 10.3. The second-order valence-corrected chi connectivity index (χ2v) is 4.34. The topological polar surface area (TPSA) is 38.0 Å². The Morgan fingerprint density at radius 2 is 2.13 bits per heavy atom. The second kappa shape index (κ2) is 3.35. The summed E-state index contributed by atoms with van der Waals surface area (Å²) in [5, 5.41) is 14.7. The molecule has 0 saturated heterocycles. The normalized spacial score (nSPS) is 25.4. The van der Waals surface area contributed by atoms with Crippen molar-refractivity contribution in [2.45, 2.75) is 18.9 Å². The summed E-state index contributed by atoms with van der Waals surface area (Å²) in [6, 6.07) is 8.66. The van der Waals surface area contributed by atoms with Crippen molar-refractivity contribution in [3.63, 3.8) is 0 Å². The van der Waals surface area contributed by atoms with Crippen LogP contribution in [-0.4, -0.2) is 21.5 Å². The molecule has 0 radical (unpaired) electrons. The Bertz CT molecular complexity index is 438. The smallest absolute Gasteiger partial charge is 0.0923 e. The fraction of sp³-hybridized carbons (Fsp3) is 0.417. The van der Waals surface area contributed by atoms with Gasteiger partial charge in [-0.25, -0.2) is 0 Å². The summed E-state index contributed by atoms with van der Waals surface area (Å²) in [4.78, 5) is 0. The summed E-state index contributed by atoms with van der Waals surface area (Å²) < 4.78 is 2.05. The largest absolute Gasteiger partial charge is 0.396 e. The van der Waals surface area contributed by atoms with Gasteiger partial charge in [-0.3, -0.25) is 4.68 Å². The molecule has 1 heterocycles. The van der Waals surface area contributed by atoms with Gasteiger partial charge in [0.2, 0.25) is 0 Å². The summed E-state index contributed by atoms with van der Waals surface area (Å²) in [5.74, 6) is 0.488. The fourth-order valence-electron chi connectivity index (χ4n) is 2.24. The van der Waals surface area contributed by atoms with Crippen LogP contribution in [0.1, 0.15) is 18.9 Å². The van der Waals surface area contributed by atoms with Crippen molar-refractivity contribution in [1.29, 1.82) is 0 Å². The van der Waals surface area contributed by atoms with Crippen molar-refractivity contribution in [3.8, 4) is 0 Å². The maximum atomic E-state index is 8.96. The minimum absolute atomic E-state index is 0.317. The molecule has 0 unspecified atom stereocenters. The third-order valence-corrected chi connectivity index (χ3v) is 3.27. The van der Waals surface area contributed by atoms with E-state index in [2.05, 4.69) is 22.0 Å². The highest BCUT2D eigenvalue weighted by Gasteiger charge is 2.30. The van der Waals surface area contributed by atoms with Gasteiger partial charge in [0, 0.05) is 18.2 Å². The first-order valence-electron chi connectivity index (χ1n) is 5.41. The number of aliphatic hydroxyl groups is 1. The van der Waals surface area contributed by atoms with Gasteiger partial charge in [0.05, 0.1) is 11.6 Å². The minimum Gasteiger partial charge on any atom is -0.396 e. The van der Waals surface area contributed by atoms with Crippen molar-refractivity contribution in [2.24, 2.45) is 5.92 Å². The highest BCUT2D eigenvalue weighted by atomic mass is 16.3. The van der Waals surface area contributed by atoms with Crippen LogP contribution in [0.4, 0.5) is 0 Å². The van der Waals surface area contributed by atoms with E-state index in [4.69, 9.17) is 5.11 Å². The SMILES string of the molecule is OC[C@H]1C[C@H](n2cc3ccccc3n2)C1. The zero-order valence-corrected chi connectivity index (χ0v) is 8.50. The van der Waals surface area contributed by atoms with Gasteiger partial charge in [0.15, 0.2) is 0 Å². The Labute approximate surface area is 88.3 Å². The molecule has 1 fully saturated rings. The van der Waals surface area contributed by atoms with Gasteiger partial charge >= 0.3 is 0 Å². The molecule has 0 amide bonds. The summed E-state index contributed by atoms with van der Waals surface area (Å²) >= 11 is 0. The molecule has 1 N–H and O–H groups in total. The van der Waals surface area contributed by atoms with E-state index in [1.54, 1.807) is 0 Å². The molecule has 0 atom stereocenters. The van der Waals surface area contributed by atoms with Crippen LogP contribution in [0, 0.1) is 5.92 Å². The molecule has 1 aliphatic carbocycles. The van der Waals surface area contributed by atoms with Gasteiger partial charge in [-0.05, 0) is 24.8 Å². The first-order valence-corrected chi connectivity index (χ1v) is 5.41. The molecule has 0 aliphatic heterocycles. The van der Waals surface area contributed by atoms with E-state index in [1.807, 2.05) is 18.2 Å². The number of aromatic nitrogens is 2. The molecular formula is C12H14N2O. The molecule has 1 aromatic heterocycles. The Balaban J connectivity index is 1.87. The van der Waals surface area contributed by atoms with Gasteiger partial charge in [-0.1, -0.05) is 18.2 Å². The van der Waals surface area contributed by atoms with Crippen LogP contribution in [0.25, 0.3) is 10.9 Å². The van der Waals surface area contributed by atoms with Crippen molar-refractivity contribution in [2.75, 3.05) is 6.61 Å². The Kier molecular flexibility index (Phi) is 1.99. The lowest BCUT2D eigenvalue weighted by molar-refractivity contribution is 0.106. The molecule has 15 heavy (non-hydrogen) atoms. The Morgan fingerprint density at radius 1 is 1.33 bits per heavy atom. The van der Waals surface area contributed by atoms with Crippen LogP contribution >= 0.6 is 0 Å². The lowest BCUT2D eigenvalue weighted by Crippen LogP contribution is -2.29. The summed E-state index contributed by atoms with van der Waals surface area (Å²) in [6.45, 7) is 0.317. The number of hydrogen-bond acceptors (Lipinski definition) is 2. The lowest BCUT2D eigenvalue weighted by atomic mass is 9.81. The van der Waals surface area contributed by atoms with Crippen LogP contribution in [0.15, 0.2) is 30.5 Å². The number of fused-ring (bicyclic) bond motifs is 1. The number of benzene rings is 1. The van der Waals surface area contributed by atoms with E-state index in [-0.39, 0.29) is 0 Å². The van der Waals surface area contributed by atoms with Gasteiger partial charge in [-0.2, -0.15) is 5.10 Å². The first kappa shape index (κ1) is 8.92. The van der Waals surface area contributed by atoms with Gasteiger partial charge in [0.1, 0.15) is 0 Å². The lowest BCUT2D eigenvalue weighted by Gasteiger charge is -2.33. The maximum absolute atomic E-state index is 8.96. The molecule has 3 nitrogen and oxygen atoms in total. The quantitative estimate of drug-likeness (QED) is 0.808. The van der Waals surface area contributed by atoms with Crippen molar-refractivity contribution >= 4 is 10.9 Å². The van der Waals surface area contributed by atoms with Crippen molar-refractivity contribution in [1.82, 2.24) is 9.78 Å². The van der Waals surface area contributed by atoms with E-state index in [9.17, 15) is 0 Å². The predicted molar refractivity (Wildman–Crippen MR) is 58.6 cm³/mol. The van der Waals surface area contributed by atoms with E-state index in [0.29, 0.717) is 18.6 Å². The molecule has 3 rings (SSSR count). The van der Waals surface area contributed by atoms with Crippen LogP contribution in [0.3, 0.4) is 0 Å². The van der Waals surface area contributed by atoms with Gasteiger partial charge < -0.3 is 5.11 Å². The van der Waals surface area contributed by atoms with E-state index < -0.39 is 0 Å². The molecule has 78 valence electrons. The summed E-state index contributed by atoms with van der Waals surface area (Å²) in [5.41, 5.74) is 1.06. The van der Waals surface area contributed by atoms with E-state index in [1.165, 1.54) is 5.39 Å². The third-order valence-electron chi connectivity index (χ3n) is 3.27. The Morgan fingerprint density at radius 3 is 2.87 bits per heavy atom. The van der Waals surface area contributed by atoms with Crippen molar-refractivity contribution < 1.29 is 5.11 Å². The molecule has 1 aromatic carbocycles. The van der Waals surface area contributed by atoms with Crippen molar-refractivity contribution in [3.05, 3.63) is 30.5 Å². The van der Waals surface area contributed by atoms with Crippen LogP contribution < -0.4 is 0 Å². The first-order chi connectivity index (χ1) is 7.36. The fourth-order valence-corrected chi connectivity index (χ4v) is 2.24. The second-order valence-electron chi connectivity index (χ2n) is 4.34. The van der Waals surface area contributed by atoms with Gasteiger partial charge in [0.25, 0.3) is 0 Å². The zero-order valence-electron chi connectivity index (χ0n) is 8.50. The highest BCUT2D eigenvalue weighted by Crippen LogP contribution is 2.37. The molecule has 0 bridgehead atoms. The number of rotatable bonds is 2. The number of hydrogen-bond donors (Lipinski definition) is 1. The summed E-state index contributed by atoms with van der Waals surface area (Å²) in [6.07, 6.45) is 4.22. The van der Waals surface area contributed by atoms with Gasteiger partial charge in [-0.15, -0.1) is 0 Å². The van der Waals surface area contributed by atoms with Crippen LogP contribution in [0.5, 0.6) is 0 Å². The molecule has 1 saturated carbocycles. The average Bonchev–Trinajstić information content (AvgIpc) is 2.59. The predicted octanol–water partition coefficient (Wildman–Crippen LogP) is 1.98. The summed E-state index contributed by atoms with van der Waals surface area (Å²) in [7, 11) is 0. The average molecular weight is 202 g/mol. The van der Waals surface area contributed by atoms with E-state index >= 15 is 0 Å². The van der Waals surface area contributed by atoms with E-state index in [0.717, 1.165) is 18.4 Å².